The first kappa shape index (κ1) is 15.6. The number of ether oxygens (including phenoxy) is 1. The van der Waals surface area contributed by atoms with E-state index in [0.29, 0.717) is 23.6 Å². The Morgan fingerprint density at radius 3 is 2.71 bits per heavy atom. The van der Waals surface area contributed by atoms with Crippen LogP contribution >= 0.6 is 0 Å². The Labute approximate surface area is 126 Å². The number of carbonyl (C=O) groups is 1. The largest absolute Gasteiger partial charge is 0.491 e. The van der Waals surface area contributed by atoms with Gasteiger partial charge in [0.2, 0.25) is 0 Å². The van der Waals surface area contributed by atoms with Crippen molar-refractivity contribution >= 4 is 11.6 Å². The highest BCUT2D eigenvalue weighted by Gasteiger charge is 2.21. The summed E-state index contributed by atoms with van der Waals surface area (Å²) in [5, 5.41) is 3.12. The summed E-state index contributed by atoms with van der Waals surface area (Å²) >= 11 is 0. The van der Waals surface area contributed by atoms with Gasteiger partial charge >= 0.3 is 0 Å². The molecule has 3 N–H and O–H groups in total. The molecule has 1 saturated heterocycles. The molecule has 0 bridgehead atoms. The number of nitrogens with one attached hydrogen (secondary N) is 1. The molecule has 1 amide bonds. The number of likely N-dealkylation sites (tertiary alicyclic amines) is 1. The summed E-state index contributed by atoms with van der Waals surface area (Å²) in [6, 6.07) is 3.76. The van der Waals surface area contributed by atoms with E-state index in [2.05, 4.69) is 17.3 Å². The topological polar surface area (TPSA) is 67.6 Å². The zero-order valence-corrected chi connectivity index (χ0v) is 13.1. The minimum absolute atomic E-state index is 0.0389. The molecule has 1 aliphatic rings. The summed E-state index contributed by atoms with van der Waals surface area (Å²) in [5.74, 6) is 0.580. The molecular weight excluding hydrogens is 266 g/mol. The summed E-state index contributed by atoms with van der Waals surface area (Å²) in [6.45, 7) is 6.37. The summed E-state index contributed by atoms with van der Waals surface area (Å²) in [7, 11) is 2.11. The Morgan fingerprint density at radius 1 is 1.43 bits per heavy atom. The summed E-state index contributed by atoms with van der Waals surface area (Å²) < 4.78 is 5.55. The highest BCUT2D eigenvalue weighted by atomic mass is 16.5. The average molecular weight is 291 g/mol. The van der Waals surface area contributed by atoms with Crippen LogP contribution in [0, 0.1) is 6.92 Å². The number of benzene rings is 1. The molecule has 0 aliphatic carbocycles. The Morgan fingerprint density at radius 2 is 2.10 bits per heavy atom. The molecule has 2 rings (SSSR count). The smallest absolute Gasteiger partial charge is 0.251 e. The molecule has 0 radical (unpaired) electrons. The number of rotatable bonds is 4. The predicted molar refractivity (Wildman–Crippen MR) is 84.7 cm³/mol. The molecule has 0 spiro atoms. The Hall–Kier alpha value is -1.75. The van der Waals surface area contributed by atoms with Crippen LogP contribution in [0.2, 0.25) is 0 Å². The van der Waals surface area contributed by atoms with Crippen molar-refractivity contribution in [3.05, 3.63) is 23.3 Å². The molecule has 0 saturated carbocycles. The highest BCUT2D eigenvalue weighted by Crippen LogP contribution is 2.29. The van der Waals surface area contributed by atoms with Crippen LogP contribution in [0.25, 0.3) is 0 Å². The van der Waals surface area contributed by atoms with Crippen LogP contribution in [0.4, 0.5) is 5.69 Å². The standard InChI is InChI=1S/C16H25N3O2/c1-4-21-15-11(2)13(5-6-14(15)17)16(20)18-12-7-9-19(3)10-8-12/h5-6,12H,4,7-10,17H2,1-3H3,(H,18,20). The number of carbonyl (C=O) groups excluding carboxylic acids is 1. The molecule has 0 atom stereocenters. The second-order valence-electron chi connectivity index (χ2n) is 5.64. The lowest BCUT2D eigenvalue weighted by atomic mass is 10.0. The van der Waals surface area contributed by atoms with Crippen molar-refractivity contribution in [2.24, 2.45) is 0 Å². The zero-order valence-electron chi connectivity index (χ0n) is 13.1. The minimum atomic E-state index is -0.0389. The predicted octanol–water partition coefficient (Wildman–Crippen LogP) is 1.80. The third-order valence-electron chi connectivity index (χ3n) is 4.02. The average Bonchev–Trinajstić information content (AvgIpc) is 2.46. The van der Waals surface area contributed by atoms with Crippen LogP contribution in [0.15, 0.2) is 12.1 Å². The van der Waals surface area contributed by atoms with Gasteiger partial charge in [-0.05, 0) is 59.0 Å². The third kappa shape index (κ3) is 3.67. The molecular formula is C16H25N3O2. The Bertz CT molecular complexity index is 508. The van der Waals surface area contributed by atoms with E-state index in [1.54, 1.807) is 12.1 Å². The summed E-state index contributed by atoms with van der Waals surface area (Å²) in [6.07, 6.45) is 1.99. The van der Waals surface area contributed by atoms with Crippen LogP contribution in [0.5, 0.6) is 5.75 Å². The van der Waals surface area contributed by atoms with Crippen molar-refractivity contribution in [3.63, 3.8) is 0 Å². The van der Waals surface area contributed by atoms with Crippen LogP contribution in [-0.4, -0.2) is 43.6 Å². The molecule has 1 heterocycles. The monoisotopic (exact) mass is 291 g/mol. The third-order valence-corrected chi connectivity index (χ3v) is 4.02. The van der Waals surface area contributed by atoms with Crippen LogP contribution < -0.4 is 15.8 Å². The van der Waals surface area contributed by atoms with E-state index < -0.39 is 0 Å². The molecule has 1 aromatic carbocycles. The van der Waals surface area contributed by atoms with E-state index in [4.69, 9.17) is 10.5 Å². The van der Waals surface area contributed by atoms with Crippen LogP contribution in [0.1, 0.15) is 35.7 Å². The molecule has 1 aromatic rings. The first-order valence-electron chi connectivity index (χ1n) is 7.54. The maximum atomic E-state index is 12.5. The lowest BCUT2D eigenvalue weighted by Crippen LogP contribution is -2.43. The number of nitrogens with two attached hydrogens (primary N) is 1. The van der Waals surface area contributed by atoms with Gasteiger partial charge in [-0.3, -0.25) is 4.79 Å². The van der Waals surface area contributed by atoms with Crippen molar-refractivity contribution in [2.45, 2.75) is 32.7 Å². The van der Waals surface area contributed by atoms with Gasteiger partial charge in [0.05, 0.1) is 12.3 Å². The lowest BCUT2D eigenvalue weighted by Gasteiger charge is -2.29. The van der Waals surface area contributed by atoms with Crippen molar-refractivity contribution < 1.29 is 9.53 Å². The Kier molecular flexibility index (Phi) is 5.07. The van der Waals surface area contributed by atoms with Crippen molar-refractivity contribution in [2.75, 3.05) is 32.5 Å². The van der Waals surface area contributed by atoms with Gasteiger partial charge in [0.25, 0.3) is 5.91 Å². The molecule has 0 aromatic heterocycles. The van der Waals surface area contributed by atoms with E-state index in [-0.39, 0.29) is 11.9 Å². The lowest BCUT2D eigenvalue weighted by molar-refractivity contribution is 0.0916. The quantitative estimate of drug-likeness (QED) is 0.830. The Balaban J connectivity index is 2.10. The van der Waals surface area contributed by atoms with Crippen LogP contribution in [0.3, 0.4) is 0 Å². The van der Waals surface area contributed by atoms with E-state index >= 15 is 0 Å². The molecule has 5 nitrogen and oxygen atoms in total. The van der Waals surface area contributed by atoms with E-state index in [1.165, 1.54) is 0 Å². The number of nitrogens with zero attached hydrogens (tertiary/aromatic N) is 1. The van der Waals surface area contributed by atoms with E-state index in [1.807, 2.05) is 13.8 Å². The fraction of sp³-hybridized carbons (Fsp3) is 0.562. The van der Waals surface area contributed by atoms with Gasteiger partial charge < -0.3 is 20.7 Å². The highest BCUT2D eigenvalue weighted by molar-refractivity contribution is 5.97. The molecule has 1 aliphatic heterocycles. The molecule has 1 fully saturated rings. The molecule has 21 heavy (non-hydrogen) atoms. The summed E-state index contributed by atoms with van der Waals surface area (Å²) in [5.41, 5.74) is 7.94. The van der Waals surface area contributed by atoms with Gasteiger partial charge in [-0.15, -0.1) is 0 Å². The first-order chi connectivity index (χ1) is 10.0. The number of piperidine rings is 1. The number of hydrogen-bond acceptors (Lipinski definition) is 4. The van der Waals surface area contributed by atoms with E-state index in [0.717, 1.165) is 31.5 Å². The maximum absolute atomic E-state index is 12.5. The number of anilines is 1. The second kappa shape index (κ2) is 6.80. The normalized spacial score (nSPS) is 16.7. The number of amides is 1. The van der Waals surface area contributed by atoms with Crippen molar-refractivity contribution in [1.82, 2.24) is 10.2 Å². The summed E-state index contributed by atoms with van der Waals surface area (Å²) in [4.78, 5) is 14.7. The van der Waals surface area contributed by atoms with Crippen molar-refractivity contribution in [3.8, 4) is 5.75 Å². The fourth-order valence-electron chi connectivity index (χ4n) is 2.71. The second-order valence-corrected chi connectivity index (χ2v) is 5.64. The van der Waals surface area contributed by atoms with E-state index in [9.17, 15) is 4.79 Å². The molecule has 0 unspecified atom stereocenters. The van der Waals surface area contributed by atoms with Gasteiger partial charge in [0.15, 0.2) is 0 Å². The van der Waals surface area contributed by atoms with Gasteiger partial charge in [0.1, 0.15) is 5.75 Å². The number of hydrogen-bond donors (Lipinski definition) is 2. The van der Waals surface area contributed by atoms with Gasteiger partial charge in [-0.2, -0.15) is 0 Å². The van der Waals surface area contributed by atoms with Gasteiger partial charge in [-0.1, -0.05) is 0 Å². The van der Waals surface area contributed by atoms with Crippen molar-refractivity contribution in [1.29, 1.82) is 0 Å². The minimum Gasteiger partial charge on any atom is -0.491 e. The maximum Gasteiger partial charge on any atom is 0.251 e. The fourth-order valence-corrected chi connectivity index (χ4v) is 2.71. The SMILES string of the molecule is CCOc1c(N)ccc(C(=O)NC2CCN(C)CC2)c1C. The van der Waals surface area contributed by atoms with Gasteiger partial charge in [-0.25, -0.2) is 0 Å². The molecule has 5 heteroatoms. The zero-order chi connectivity index (χ0) is 15.4. The first-order valence-corrected chi connectivity index (χ1v) is 7.54. The number of nitrogen functional groups attached to an aromatic ring is 1. The van der Waals surface area contributed by atoms with Gasteiger partial charge in [0, 0.05) is 17.2 Å². The van der Waals surface area contributed by atoms with Crippen LogP contribution in [-0.2, 0) is 0 Å². The molecule has 116 valence electrons.